The van der Waals surface area contributed by atoms with Crippen LogP contribution in [0.4, 0.5) is 0 Å². The highest BCUT2D eigenvalue weighted by Gasteiger charge is 2.05. The summed E-state index contributed by atoms with van der Waals surface area (Å²) in [6.07, 6.45) is 8.62. The van der Waals surface area contributed by atoms with Crippen molar-refractivity contribution in [1.29, 1.82) is 0 Å². The smallest absolute Gasteiger partial charge is 0.132 e. The molecule has 0 fully saturated rings. The van der Waals surface area contributed by atoms with Gasteiger partial charge in [-0.25, -0.2) is 0 Å². The van der Waals surface area contributed by atoms with Crippen LogP contribution in [-0.4, -0.2) is 5.78 Å². The number of Topliss-reactive ketones (excluding diaryl/α,β-unsaturated/α-hetero) is 1. The first kappa shape index (κ1) is 10.7. The predicted molar refractivity (Wildman–Crippen MR) is 56.2 cm³/mol. The number of allylic oxidation sites excluding steroid dienone is 2. The highest BCUT2D eigenvalue weighted by atomic mass is 31.0. The van der Waals surface area contributed by atoms with Crippen molar-refractivity contribution in [2.75, 3.05) is 0 Å². The number of ketones is 1. The molecule has 0 saturated carbocycles. The minimum atomic E-state index is 0.407. The Morgan fingerprint density at radius 3 is 2.69 bits per heavy atom. The van der Waals surface area contributed by atoms with Crippen molar-refractivity contribution in [3.05, 3.63) is 11.8 Å². The van der Waals surface area contributed by atoms with E-state index in [-0.39, 0.29) is 0 Å². The van der Waals surface area contributed by atoms with Gasteiger partial charge in [-0.15, -0.1) is 0 Å². The van der Waals surface area contributed by atoms with Gasteiger partial charge < -0.3 is 4.52 Å². The van der Waals surface area contributed by atoms with Crippen LogP contribution >= 0.6 is 9.47 Å². The van der Waals surface area contributed by atoms with Gasteiger partial charge in [-0.05, 0) is 31.8 Å². The van der Waals surface area contributed by atoms with E-state index < -0.39 is 0 Å². The molecule has 13 heavy (non-hydrogen) atoms. The van der Waals surface area contributed by atoms with Gasteiger partial charge in [0, 0.05) is 19.3 Å². The molecule has 0 aromatic carbocycles. The first-order valence-electron chi connectivity index (χ1n) is 4.90. The summed E-state index contributed by atoms with van der Waals surface area (Å²) in [4.78, 5) is 11.2. The van der Waals surface area contributed by atoms with Crippen molar-refractivity contribution in [1.82, 2.24) is 0 Å². The zero-order valence-electron chi connectivity index (χ0n) is 7.92. The van der Waals surface area contributed by atoms with Gasteiger partial charge >= 0.3 is 0 Å². The molecule has 74 valence electrons. The van der Waals surface area contributed by atoms with Gasteiger partial charge in [0.05, 0.1) is 15.2 Å². The molecule has 0 saturated heterocycles. The van der Waals surface area contributed by atoms with Crippen LogP contribution in [-0.2, 0) is 9.32 Å². The first-order valence-corrected chi connectivity index (χ1v) is 5.37. The average molecular weight is 200 g/mol. The summed E-state index contributed by atoms with van der Waals surface area (Å²) in [6.45, 7) is 0. The molecule has 3 heteroatoms. The Bertz CT molecular complexity index is 199. The van der Waals surface area contributed by atoms with Gasteiger partial charge in [0.1, 0.15) is 5.78 Å². The normalized spacial score (nSPS) is 20.7. The Labute approximate surface area is 82.0 Å². The van der Waals surface area contributed by atoms with Crippen LogP contribution in [0.25, 0.3) is 0 Å². The summed E-state index contributed by atoms with van der Waals surface area (Å²) in [5.41, 5.74) is 0. The summed E-state index contributed by atoms with van der Waals surface area (Å²) in [7, 11) is 2.27. The summed E-state index contributed by atoms with van der Waals surface area (Å²) in [6, 6.07) is 0. The third-order valence-electron chi connectivity index (χ3n) is 2.31. The van der Waals surface area contributed by atoms with Crippen LogP contribution in [0.3, 0.4) is 0 Å². The van der Waals surface area contributed by atoms with E-state index in [1.54, 1.807) is 0 Å². The molecule has 0 aromatic rings. The fourth-order valence-corrected chi connectivity index (χ4v) is 1.74. The highest BCUT2D eigenvalue weighted by Crippen LogP contribution is 2.17. The molecule has 0 spiro atoms. The number of hydrogen-bond acceptors (Lipinski definition) is 2. The molecule has 1 aliphatic carbocycles. The van der Waals surface area contributed by atoms with Gasteiger partial charge in [-0.1, -0.05) is 0 Å². The predicted octanol–water partition coefficient (Wildman–Crippen LogP) is 2.99. The van der Waals surface area contributed by atoms with Crippen LogP contribution in [0.1, 0.15) is 44.9 Å². The molecule has 0 bridgehead atoms. The molecule has 0 N–H and O–H groups in total. The van der Waals surface area contributed by atoms with Crippen LogP contribution in [0.2, 0.25) is 0 Å². The van der Waals surface area contributed by atoms with E-state index in [0.29, 0.717) is 12.2 Å². The number of hydrogen-bond donors (Lipinski definition) is 0. The second-order valence-corrected chi connectivity index (χ2v) is 3.66. The Morgan fingerprint density at radius 2 is 1.92 bits per heavy atom. The monoisotopic (exact) mass is 200 g/mol. The van der Waals surface area contributed by atoms with Gasteiger partial charge in [-0.2, -0.15) is 0 Å². The molecule has 1 atom stereocenters. The molecular weight excluding hydrogens is 183 g/mol. The zero-order chi connectivity index (χ0) is 9.52. The number of carbonyl (C=O) groups is 1. The molecule has 0 radical (unpaired) electrons. The molecule has 1 aliphatic rings. The largest absolute Gasteiger partial charge is 0.485 e. The van der Waals surface area contributed by atoms with E-state index in [9.17, 15) is 4.79 Å². The van der Waals surface area contributed by atoms with E-state index in [1.165, 1.54) is 0 Å². The van der Waals surface area contributed by atoms with Crippen LogP contribution in [0, 0.1) is 0 Å². The Balaban J connectivity index is 2.43. The van der Waals surface area contributed by atoms with Crippen LogP contribution in [0.5, 0.6) is 0 Å². The molecule has 0 amide bonds. The fraction of sp³-hybridized carbons (Fsp3) is 0.700. The van der Waals surface area contributed by atoms with Gasteiger partial charge in [0.15, 0.2) is 0 Å². The molecule has 0 aromatic heterocycles. The van der Waals surface area contributed by atoms with Crippen molar-refractivity contribution < 1.29 is 9.32 Å². The minimum absolute atomic E-state index is 0.407. The average Bonchev–Trinajstić information content (AvgIpc) is 2.15. The van der Waals surface area contributed by atoms with Gasteiger partial charge in [0.25, 0.3) is 0 Å². The summed E-state index contributed by atoms with van der Waals surface area (Å²) in [5.74, 6) is 1.42. The van der Waals surface area contributed by atoms with Crippen molar-refractivity contribution in [3.8, 4) is 0 Å². The van der Waals surface area contributed by atoms with Gasteiger partial charge in [0.2, 0.25) is 0 Å². The van der Waals surface area contributed by atoms with Crippen molar-refractivity contribution in [2.24, 2.45) is 0 Å². The number of carbonyl (C=O) groups excluding carboxylic acids is 1. The second kappa shape index (κ2) is 6.15. The molecule has 0 aliphatic heterocycles. The maximum Gasteiger partial charge on any atom is 0.132 e. The summed E-state index contributed by atoms with van der Waals surface area (Å²) < 4.78 is 5.12. The Hall–Kier alpha value is -0.360. The van der Waals surface area contributed by atoms with Gasteiger partial charge in [-0.3, -0.25) is 4.79 Å². The lowest BCUT2D eigenvalue weighted by molar-refractivity contribution is -0.119. The first-order chi connectivity index (χ1) is 6.33. The number of rotatable bonds is 1. The maximum atomic E-state index is 11.2. The quantitative estimate of drug-likeness (QED) is 0.608. The van der Waals surface area contributed by atoms with E-state index in [4.69, 9.17) is 4.52 Å². The zero-order valence-corrected chi connectivity index (χ0v) is 9.08. The Kier molecular flexibility index (Phi) is 5.07. The van der Waals surface area contributed by atoms with Crippen LogP contribution in [0.15, 0.2) is 11.8 Å². The summed E-state index contributed by atoms with van der Waals surface area (Å²) >= 11 is 0. The Morgan fingerprint density at radius 1 is 1.15 bits per heavy atom. The fourth-order valence-electron chi connectivity index (χ4n) is 1.52. The van der Waals surface area contributed by atoms with E-state index >= 15 is 0 Å². The third-order valence-corrected chi connectivity index (χ3v) is 2.61. The SMILES string of the molecule is O=C1CCCCC=C(OP)CCC1. The topological polar surface area (TPSA) is 26.3 Å². The standard InChI is InChI=1S/C10H17O2P/c11-9-5-2-1-3-7-10(12-13)8-4-6-9/h7H,1-6,8,13H2. The van der Waals surface area contributed by atoms with Crippen molar-refractivity contribution >= 4 is 15.2 Å². The summed E-state index contributed by atoms with van der Waals surface area (Å²) in [5, 5.41) is 0. The molecule has 2 nitrogen and oxygen atoms in total. The lowest BCUT2D eigenvalue weighted by atomic mass is 10.0. The van der Waals surface area contributed by atoms with Crippen molar-refractivity contribution in [2.45, 2.75) is 44.9 Å². The molecule has 1 rings (SSSR count). The van der Waals surface area contributed by atoms with E-state index in [2.05, 4.69) is 15.5 Å². The molecule has 0 heterocycles. The highest BCUT2D eigenvalue weighted by molar-refractivity contribution is 7.10. The van der Waals surface area contributed by atoms with Crippen molar-refractivity contribution in [3.63, 3.8) is 0 Å². The third kappa shape index (κ3) is 4.42. The lowest BCUT2D eigenvalue weighted by Crippen LogP contribution is -1.99. The maximum absolute atomic E-state index is 11.2. The van der Waals surface area contributed by atoms with Crippen LogP contribution < -0.4 is 0 Å². The molecule has 1 unspecified atom stereocenters. The second-order valence-electron chi connectivity index (χ2n) is 3.43. The lowest BCUT2D eigenvalue weighted by Gasteiger charge is -2.08. The molecular formula is C10H17O2P. The van der Waals surface area contributed by atoms with E-state index in [1.807, 2.05) is 0 Å². The van der Waals surface area contributed by atoms with E-state index in [0.717, 1.165) is 44.3 Å². The minimum Gasteiger partial charge on any atom is -0.485 e.